The summed E-state index contributed by atoms with van der Waals surface area (Å²) in [5.41, 5.74) is 5.87. The number of carbonyl (C=O) groups is 1. The second kappa shape index (κ2) is 4.10. The monoisotopic (exact) mass is 211 g/mol. The molecule has 4 heteroatoms. The molecule has 2 aliphatic heterocycles. The molecule has 2 unspecified atom stereocenters. The van der Waals surface area contributed by atoms with Gasteiger partial charge in [-0.3, -0.25) is 9.69 Å². The van der Waals surface area contributed by atoms with Gasteiger partial charge in [-0.2, -0.15) is 0 Å². The van der Waals surface area contributed by atoms with E-state index in [9.17, 15) is 4.79 Å². The Morgan fingerprint density at radius 3 is 2.53 bits per heavy atom. The number of likely N-dealkylation sites (tertiary alicyclic amines) is 2. The molecule has 2 N–H and O–H groups in total. The van der Waals surface area contributed by atoms with Gasteiger partial charge in [0.05, 0.1) is 6.04 Å². The second-order valence-corrected chi connectivity index (χ2v) is 4.97. The fourth-order valence-electron chi connectivity index (χ4n) is 2.64. The van der Waals surface area contributed by atoms with E-state index in [1.807, 2.05) is 4.90 Å². The van der Waals surface area contributed by atoms with Crippen LogP contribution in [0.25, 0.3) is 0 Å². The fraction of sp³-hybridized carbons (Fsp3) is 0.909. The molecule has 86 valence electrons. The molecule has 0 aromatic heterocycles. The van der Waals surface area contributed by atoms with Gasteiger partial charge in [-0.05, 0) is 26.7 Å². The zero-order valence-corrected chi connectivity index (χ0v) is 9.65. The summed E-state index contributed by atoms with van der Waals surface area (Å²) in [5, 5.41) is 0. The van der Waals surface area contributed by atoms with E-state index >= 15 is 0 Å². The lowest BCUT2D eigenvalue weighted by molar-refractivity contribution is -0.133. The fourth-order valence-corrected chi connectivity index (χ4v) is 2.64. The predicted octanol–water partition coefficient (Wildman–Crippen LogP) is 0.0287. The van der Waals surface area contributed by atoms with Crippen LogP contribution in [0.2, 0.25) is 0 Å². The number of hydrogen-bond donors (Lipinski definition) is 1. The first kappa shape index (κ1) is 10.9. The molecule has 1 amide bonds. The van der Waals surface area contributed by atoms with E-state index in [1.165, 1.54) is 0 Å². The normalized spacial score (nSPS) is 33.3. The van der Waals surface area contributed by atoms with Crippen LogP contribution < -0.4 is 5.73 Å². The van der Waals surface area contributed by atoms with Gasteiger partial charge in [0, 0.05) is 31.7 Å². The highest BCUT2D eigenvalue weighted by atomic mass is 16.2. The lowest BCUT2D eigenvalue weighted by Gasteiger charge is -2.25. The first-order valence-corrected chi connectivity index (χ1v) is 5.89. The third-order valence-corrected chi connectivity index (χ3v) is 3.53. The molecule has 0 aromatic rings. The van der Waals surface area contributed by atoms with Crippen LogP contribution in [-0.4, -0.2) is 53.5 Å². The third kappa shape index (κ3) is 2.01. The van der Waals surface area contributed by atoms with Crippen molar-refractivity contribution >= 4 is 5.91 Å². The van der Waals surface area contributed by atoms with E-state index in [-0.39, 0.29) is 12.1 Å². The maximum absolute atomic E-state index is 12.1. The van der Waals surface area contributed by atoms with Gasteiger partial charge in [-0.15, -0.1) is 0 Å². The second-order valence-electron chi connectivity index (χ2n) is 4.97. The number of rotatable bonds is 2. The third-order valence-electron chi connectivity index (χ3n) is 3.53. The van der Waals surface area contributed by atoms with Gasteiger partial charge in [0.15, 0.2) is 0 Å². The van der Waals surface area contributed by atoms with Crippen LogP contribution in [0.1, 0.15) is 26.7 Å². The van der Waals surface area contributed by atoms with Crippen molar-refractivity contribution in [1.29, 1.82) is 0 Å². The standard InChI is InChI=1S/C11H21N3O/c1-8(2)14-6-4-10(11(14)15)13-5-3-9(12)7-13/h8-10H,3-7,12H2,1-2H3. The zero-order chi connectivity index (χ0) is 11.0. The van der Waals surface area contributed by atoms with Crippen molar-refractivity contribution in [2.24, 2.45) is 5.73 Å². The molecular weight excluding hydrogens is 190 g/mol. The Balaban J connectivity index is 1.98. The Morgan fingerprint density at radius 1 is 1.33 bits per heavy atom. The summed E-state index contributed by atoms with van der Waals surface area (Å²) in [6, 6.07) is 0.714. The minimum absolute atomic E-state index is 0.112. The van der Waals surface area contributed by atoms with E-state index in [1.54, 1.807) is 0 Å². The summed E-state index contributed by atoms with van der Waals surface area (Å²) in [6.45, 7) is 6.95. The number of carbonyl (C=O) groups excluding carboxylic acids is 1. The molecule has 2 heterocycles. The first-order chi connectivity index (χ1) is 7.09. The molecule has 0 radical (unpaired) electrons. The Hall–Kier alpha value is -0.610. The van der Waals surface area contributed by atoms with Gasteiger partial charge in [0.25, 0.3) is 0 Å². The molecule has 2 rings (SSSR count). The van der Waals surface area contributed by atoms with Crippen molar-refractivity contribution in [1.82, 2.24) is 9.80 Å². The molecule has 15 heavy (non-hydrogen) atoms. The van der Waals surface area contributed by atoms with Crippen LogP contribution in [0.15, 0.2) is 0 Å². The summed E-state index contributed by atoms with van der Waals surface area (Å²) in [5.74, 6) is 0.305. The molecule has 2 aliphatic rings. The molecule has 0 aromatic carbocycles. The Labute approximate surface area is 91.4 Å². The minimum Gasteiger partial charge on any atom is -0.339 e. The Kier molecular flexibility index (Phi) is 2.98. The van der Waals surface area contributed by atoms with Gasteiger partial charge in [0.1, 0.15) is 0 Å². The molecule has 2 saturated heterocycles. The summed E-state index contributed by atoms with van der Waals surface area (Å²) < 4.78 is 0. The van der Waals surface area contributed by atoms with E-state index in [4.69, 9.17) is 5.73 Å². The Morgan fingerprint density at radius 2 is 2.07 bits per heavy atom. The maximum Gasteiger partial charge on any atom is 0.240 e. The van der Waals surface area contributed by atoms with Crippen LogP contribution in [-0.2, 0) is 4.79 Å². The quantitative estimate of drug-likeness (QED) is 0.701. The van der Waals surface area contributed by atoms with Gasteiger partial charge in [0.2, 0.25) is 5.91 Å². The van der Waals surface area contributed by atoms with E-state index in [2.05, 4.69) is 18.7 Å². The summed E-state index contributed by atoms with van der Waals surface area (Å²) >= 11 is 0. The van der Waals surface area contributed by atoms with Crippen LogP contribution >= 0.6 is 0 Å². The summed E-state index contributed by atoms with van der Waals surface area (Å²) in [4.78, 5) is 16.3. The zero-order valence-electron chi connectivity index (χ0n) is 9.65. The van der Waals surface area contributed by atoms with E-state index in [0.29, 0.717) is 11.9 Å². The molecule has 0 saturated carbocycles. The largest absolute Gasteiger partial charge is 0.339 e. The lowest BCUT2D eigenvalue weighted by atomic mass is 10.2. The van der Waals surface area contributed by atoms with Gasteiger partial charge in [-0.25, -0.2) is 0 Å². The summed E-state index contributed by atoms with van der Waals surface area (Å²) in [6.07, 6.45) is 2.01. The van der Waals surface area contributed by atoms with Crippen molar-refractivity contribution in [2.75, 3.05) is 19.6 Å². The molecule has 0 spiro atoms. The van der Waals surface area contributed by atoms with Crippen LogP contribution in [0.4, 0.5) is 0 Å². The minimum atomic E-state index is 0.112. The molecule has 2 atom stereocenters. The Bertz CT molecular complexity index is 254. The van der Waals surface area contributed by atoms with E-state index in [0.717, 1.165) is 32.5 Å². The molecule has 0 aliphatic carbocycles. The van der Waals surface area contributed by atoms with Crippen LogP contribution in [0.5, 0.6) is 0 Å². The van der Waals surface area contributed by atoms with Gasteiger partial charge < -0.3 is 10.6 Å². The van der Waals surface area contributed by atoms with Crippen molar-refractivity contribution < 1.29 is 4.79 Å². The summed E-state index contributed by atoms with van der Waals surface area (Å²) in [7, 11) is 0. The van der Waals surface area contributed by atoms with Crippen molar-refractivity contribution in [3.63, 3.8) is 0 Å². The highest BCUT2D eigenvalue weighted by Gasteiger charge is 2.38. The van der Waals surface area contributed by atoms with Crippen molar-refractivity contribution in [3.05, 3.63) is 0 Å². The molecule has 4 nitrogen and oxygen atoms in total. The van der Waals surface area contributed by atoms with Crippen molar-refractivity contribution in [3.8, 4) is 0 Å². The number of nitrogens with two attached hydrogens (primary N) is 1. The van der Waals surface area contributed by atoms with Crippen LogP contribution in [0.3, 0.4) is 0 Å². The number of amides is 1. The van der Waals surface area contributed by atoms with Crippen molar-refractivity contribution in [2.45, 2.75) is 44.8 Å². The van der Waals surface area contributed by atoms with Gasteiger partial charge >= 0.3 is 0 Å². The molecule has 2 fully saturated rings. The topological polar surface area (TPSA) is 49.6 Å². The lowest BCUT2D eigenvalue weighted by Crippen LogP contribution is -2.43. The maximum atomic E-state index is 12.1. The number of nitrogens with zero attached hydrogens (tertiary/aromatic N) is 2. The number of hydrogen-bond acceptors (Lipinski definition) is 3. The highest BCUT2D eigenvalue weighted by molar-refractivity contribution is 5.84. The van der Waals surface area contributed by atoms with Crippen LogP contribution in [0, 0.1) is 0 Å². The van der Waals surface area contributed by atoms with Gasteiger partial charge in [-0.1, -0.05) is 0 Å². The predicted molar refractivity (Wildman–Crippen MR) is 59.4 cm³/mol. The first-order valence-electron chi connectivity index (χ1n) is 5.89. The highest BCUT2D eigenvalue weighted by Crippen LogP contribution is 2.22. The average Bonchev–Trinajstić information content (AvgIpc) is 2.71. The average molecular weight is 211 g/mol. The SMILES string of the molecule is CC(C)N1CCC(N2CCC(N)C2)C1=O. The van der Waals surface area contributed by atoms with E-state index < -0.39 is 0 Å². The molecular formula is C11H21N3O. The molecule has 0 bridgehead atoms. The smallest absolute Gasteiger partial charge is 0.240 e.